The van der Waals surface area contributed by atoms with Crippen LogP contribution in [-0.2, 0) is 11.2 Å². The normalized spacial score (nSPS) is 25.4. The van der Waals surface area contributed by atoms with Crippen molar-refractivity contribution in [3.63, 3.8) is 0 Å². The van der Waals surface area contributed by atoms with Crippen LogP contribution in [0.15, 0.2) is 43.0 Å². The highest BCUT2D eigenvalue weighted by Gasteiger charge is 2.44. The van der Waals surface area contributed by atoms with Crippen LogP contribution in [0.4, 0.5) is 5.82 Å². The van der Waals surface area contributed by atoms with Crippen LogP contribution in [0.1, 0.15) is 18.7 Å². The van der Waals surface area contributed by atoms with Gasteiger partial charge < -0.3 is 20.3 Å². The van der Waals surface area contributed by atoms with Gasteiger partial charge in [0.1, 0.15) is 18.5 Å². The van der Waals surface area contributed by atoms with Crippen LogP contribution < -0.4 is 5.32 Å². The number of thioether (sulfide) groups is 1. The minimum atomic E-state index is -1.05. The van der Waals surface area contributed by atoms with Crippen molar-refractivity contribution in [2.45, 2.75) is 43.9 Å². The predicted octanol–water partition coefficient (Wildman–Crippen LogP) is 1.85. The lowest BCUT2D eigenvalue weighted by Gasteiger charge is -2.17. The molecular formula is C20H25N5O3S. The second-order valence-electron chi connectivity index (χ2n) is 7.28. The molecule has 1 fully saturated rings. The Kier molecular flexibility index (Phi) is 6.00. The van der Waals surface area contributed by atoms with Crippen LogP contribution in [0.3, 0.4) is 0 Å². The smallest absolute Gasteiger partial charge is 0.167 e. The average molecular weight is 416 g/mol. The predicted molar refractivity (Wildman–Crippen MR) is 113 cm³/mol. The highest BCUT2D eigenvalue weighted by molar-refractivity contribution is 7.98. The molecule has 3 N–H and O–H groups in total. The van der Waals surface area contributed by atoms with Crippen molar-refractivity contribution in [2.75, 3.05) is 17.3 Å². The molecule has 1 aromatic carbocycles. The van der Waals surface area contributed by atoms with Crippen LogP contribution >= 0.6 is 11.8 Å². The molecule has 1 saturated heterocycles. The van der Waals surface area contributed by atoms with Gasteiger partial charge >= 0.3 is 0 Å². The van der Waals surface area contributed by atoms with Gasteiger partial charge in [0, 0.05) is 11.8 Å². The second kappa shape index (κ2) is 8.66. The standard InChI is InChI=1S/C20H25N5O3S/c1-12(8-13-6-4-3-5-7-13)24-18-15-19(22-10-21-18)25(11-23-15)20-17(27)16(26)14(28-20)9-29-2/h3-7,10-12,14,16-17,20,26-27H,8-9H2,1-2H3,(H,21,22,24)/t12?,14-,16-,17-,20+/m1/s1. The summed E-state index contributed by atoms with van der Waals surface area (Å²) in [6, 6.07) is 10.4. The van der Waals surface area contributed by atoms with Gasteiger partial charge in [0.2, 0.25) is 0 Å². The van der Waals surface area contributed by atoms with E-state index in [1.165, 1.54) is 11.9 Å². The third-order valence-electron chi connectivity index (χ3n) is 5.07. The molecule has 0 amide bonds. The van der Waals surface area contributed by atoms with E-state index in [9.17, 15) is 10.2 Å². The molecule has 3 heterocycles. The molecule has 1 aliphatic heterocycles. The number of rotatable bonds is 7. The first-order valence-electron chi connectivity index (χ1n) is 9.57. The molecule has 5 atom stereocenters. The number of fused-ring (bicyclic) bond motifs is 1. The molecule has 0 spiro atoms. The quantitative estimate of drug-likeness (QED) is 0.537. The number of hydrogen-bond donors (Lipinski definition) is 3. The minimum Gasteiger partial charge on any atom is -0.387 e. The maximum absolute atomic E-state index is 10.5. The number of anilines is 1. The zero-order chi connectivity index (χ0) is 20.4. The van der Waals surface area contributed by atoms with E-state index in [0.29, 0.717) is 22.7 Å². The summed E-state index contributed by atoms with van der Waals surface area (Å²) in [6.45, 7) is 2.09. The van der Waals surface area contributed by atoms with Crippen molar-refractivity contribution < 1.29 is 14.9 Å². The van der Waals surface area contributed by atoms with Crippen LogP contribution in [0, 0.1) is 0 Å². The molecule has 29 heavy (non-hydrogen) atoms. The Morgan fingerprint density at radius 1 is 1.17 bits per heavy atom. The Morgan fingerprint density at radius 2 is 1.97 bits per heavy atom. The fourth-order valence-electron chi connectivity index (χ4n) is 3.66. The molecule has 1 unspecified atom stereocenters. The fourth-order valence-corrected chi connectivity index (χ4v) is 4.26. The Labute approximate surface area is 173 Å². The van der Waals surface area contributed by atoms with Crippen LogP contribution in [-0.4, -0.2) is 66.1 Å². The maximum Gasteiger partial charge on any atom is 0.167 e. The van der Waals surface area contributed by atoms with E-state index in [1.54, 1.807) is 22.7 Å². The molecule has 1 aliphatic rings. The van der Waals surface area contributed by atoms with Crippen LogP contribution in [0.2, 0.25) is 0 Å². The van der Waals surface area contributed by atoms with Crippen molar-refractivity contribution >= 4 is 28.7 Å². The Bertz CT molecular complexity index is 954. The van der Waals surface area contributed by atoms with Gasteiger partial charge in [-0.05, 0) is 25.2 Å². The Hall–Kier alpha value is -2.20. The van der Waals surface area contributed by atoms with Gasteiger partial charge in [-0.1, -0.05) is 30.3 Å². The second-order valence-corrected chi connectivity index (χ2v) is 8.19. The highest BCUT2D eigenvalue weighted by atomic mass is 32.2. The molecule has 0 radical (unpaired) electrons. The number of imidazole rings is 1. The number of aliphatic hydroxyl groups is 2. The summed E-state index contributed by atoms with van der Waals surface area (Å²) in [5.74, 6) is 1.23. The Morgan fingerprint density at radius 3 is 2.72 bits per heavy atom. The number of benzene rings is 1. The van der Waals surface area contributed by atoms with Gasteiger partial charge in [0.25, 0.3) is 0 Å². The first-order valence-corrected chi connectivity index (χ1v) is 11.0. The van der Waals surface area contributed by atoms with Gasteiger partial charge in [-0.2, -0.15) is 11.8 Å². The lowest BCUT2D eigenvalue weighted by molar-refractivity contribution is -0.0288. The van der Waals surface area contributed by atoms with Crippen molar-refractivity contribution in [1.29, 1.82) is 0 Å². The number of nitrogens with one attached hydrogen (secondary N) is 1. The molecule has 0 aliphatic carbocycles. The summed E-state index contributed by atoms with van der Waals surface area (Å²) in [4.78, 5) is 13.1. The van der Waals surface area contributed by atoms with E-state index in [-0.39, 0.29) is 6.04 Å². The van der Waals surface area contributed by atoms with Gasteiger partial charge in [0.05, 0.1) is 12.4 Å². The zero-order valence-corrected chi connectivity index (χ0v) is 17.2. The number of nitrogens with zero attached hydrogens (tertiary/aromatic N) is 4. The summed E-state index contributed by atoms with van der Waals surface area (Å²) in [5.41, 5.74) is 2.39. The number of aliphatic hydroxyl groups excluding tert-OH is 2. The summed E-state index contributed by atoms with van der Waals surface area (Å²) < 4.78 is 7.57. The molecule has 8 nitrogen and oxygen atoms in total. The maximum atomic E-state index is 10.5. The first-order chi connectivity index (χ1) is 14.1. The topological polar surface area (TPSA) is 105 Å². The first kappa shape index (κ1) is 20.1. The lowest BCUT2D eigenvalue weighted by Crippen LogP contribution is -2.32. The van der Waals surface area contributed by atoms with Crippen LogP contribution in [0.5, 0.6) is 0 Å². The summed E-state index contributed by atoms with van der Waals surface area (Å²) in [5, 5.41) is 24.2. The van der Waals surface area contributed by atoms with Crippen molar-refractivity contribution in [2.24, 2.45) is 0 Å². The van der Waals surface area contributed by atoms with E-state index in [4.69, 9.17) is 4.74 Å². The van der Waals surface area contributed by atoms with Gasteiger partial charge in [0.15, 0.2) is 23.2 Å². The van der Waals surface area contributed by atoms with E-state index < -0.39 is 24.5 Å². The number of hydrogen-bond acceptors (Lipinski definition) is 8. The summed E-state index contributed by atoms with van der Waals surface area (Å²) >= 11 is 1.56. The number of ether oxygens (including phenoxy) is 1. The highest BCUT2D eigenvalue weighted by Crippen LogP contribution is 2.33. The minimum absolute atomic E-state index is 0.141. The van der Waals surface area contributed by atoms with Gasteiger partial charge in [-0.25, -0.2) is 15.0 Å². The third-order valence-corrected chi connectivity index (χ3v) is 5.73. The largest absolute Gasteiger partial charge is 0.387 e. The van der Waals surface area contributed by atoms with E-state index >= 15 is 0 Å². The van der Waals surface area contributed by atoms with Crippen molar-refractivity contribution in [3.05, 3.63) is 48.5 Å². The van der Waals surface area contributed by atoms with Crippen molar-refractivity contribution in [1.82, 2.24) is 19.5 Å². The molecule has 3 aromatic rings. The summed E-state index contributed by atoms with van der Waals surface area (Å²) in [7, 11) is 0. The molecule has 4 rings (SSSR count). The molecular weight excluding hydrogens is 390 g/mol. The van der Waals surface area contributed by atoms with E-state index in [1.807, 2.05) is 24.5 Å². The SMILES string of the molecule is CSC[C@H]1O[C@H](n2cnc3c(NC(C)Cc4ccccc4)ncnc32)[C@H](O)[C@@H]1O. The van der Waals surface area contributed by atoms with Gasteiger partial charge in [-0.15, -0.1) is 0 Å². The molecule has 0 saturated carbocycles. The molecule has 2 aromatic heterocycles. The molecule has 9 heteroatoms. The fraction of sp³-hybridized carbons (Fsp3) is 0.450. The van der Waals surface area contributed by atoms with E-state index in [2.05, 4.69) is 39.3 Å². The molecule has 154 valence electrons. The van der Waals surface area contributed by atoms with E-state index in [0.717, 1.165) is 6.42 Å². The van der Waals surface area contributed by atoms with Crippen LogP contribution in [0.25, 0.3) is 11.2 Å². The Balaban J connectivity index is 1.55. The molecule has 0 bridgehead atoms. The summed E-state index contributed by atoms with van der Waals surface area (Å²) in [6.07, 6.45) is 2.65. The van der Waals surface area contributed by atoms with Gasteiger partial charge in [-0.3, -0.25) is 4.57 Å². The monoisotopic (exact) mass is 415 g/mol. The third kappa shape index (κ3) is 4.09. The number of aromatic nitrogens is 4. The lowest BCUT2D eigenvalue weighted by atomic mass is 10.1. The van der Waals surface area contributed by atoms with Crippen molar-refractivity contribution in [3.8, 4) is 0 Å². The average Bonchev–Trinajstić information content (AvgIpc) is 3.26. The zero-order valence-electron chi connectivity index (χ0n) is 16.3.